The van der Waals surface area contributed by atoms with Crippen LogP contribution in [0.2, 0.25) is 0 Å². The summed E-state index contributed by atoms with van der Waals surface area (Å²) in [7, 11) is 2.28. The van der Waals surface area contributed by atoms with Gasteiger partial charge in [0.15, 0.2) is 0 Å². The number of hydrogen-bond donors (Lipinski definition) is 2. The zero-order chi connectivity index (χ0) is 15.6. The third-order valence-electron chi connectivity index (χ3n) is 3.99. The summed E-state index contributed by atoms with van der Waals surface area (Å²) in [4.78, 5) is 2.43. The SMILES string of the molecule is CNCc1n[nH]c(C)c1S(=O)(=O)N1CCCC(N(C)C)C1. The molecule has 0 aliphatic carbocycles. The quantitative estimate of drug-likeness (QED) is 0.808. The smallest absolute Gasteiger partial charge is 0.246 e. The van der Waals surface area contributed by atoms with Gasteiger partial charge in [0.25, 0.3) is 0 Å². The highest BCUT2D eigenvalue weighted by atomic mass is 32.2. The molecule has 2 rings (SSSR count). The summed E-state index contributed by atoms with van der Waals surface area (Å²) in [5, 5.41) is 9.88. The number of aromatic nitrogens is 2. The number of likely N-dealkylation sites (N-methyl/N-ethyl adjacent to an activating group) is 1. The molecule has 1 aliphatic heterocycles. The number of hydrogen-bond acceptors (Lipinski definition) is 5. The molecule has 21 heavy (non-hydrogen) atoms. The van der Waals surface area contributed by atoms with Crippen molar-refractivity contribution in [3.63, 3.8) is 0 Å². The van der Waals surface area contributed by atoms with E-state index in [9.17, 15) is 8.42 Å². The Morgan fingerprint density at radius 3 is 2.81 bits per heavy atom. The Morgan fingerprint density at radius 2 is 2.19 bits per heavy atom. The maximum atomic E-state index is 13.0. The van der Waals surface area contributed by atoms with Crippen LogP contribution in [-0.2, 0) is 16.6 Å². The van der Waals surface area contributed by atoms with E-state index in [-0.39, 0.29) is 6.04 Å². The first-order valence-corrected chi connectivity index (χ1v) is 8.67. The van der Waals surface area contributed by atoms with Crippen molar-refractivity contribution in [1.82, 2.24) is 24.7 Å². The highest BCUT2D eigenvalue weighted by Crippen LogP contribution is 2.26. The largest absolute Gasteiger partial charge is 0.314 e. The van der Waals surface area contributed by atoms with Crippen LogP contribution < -0.4 is 5.32 Å². The molecule has 2 heterocycles. The summed E-state index contributed by atoms with van der Waals surface area (Å²) in [6.07, 6.45) is 1.92. The Labute approximate surface area is 126 Å². The van der Waals surface area contributed by atoms with Gasteiger partial charge in [-0.15, -0.1) is 0 Å². The number of piperidine rings is 1. The van der Waals surface area contributed by atoms with E-state index in [4.69, 9.17) is 0 Å². The standard InChI is InChI=1S/C13H25N5O2S/c1-10-13(12(8-14-2)16-15-10)21(19,20)18-7-5-6-11(9-18)17(3)4/h11,14H,5-9H2,1-4H3,(H,15,16). The molecule has 2 N–H and O–H groups in total. The number of aromatic amines is 1. The monoisotopic (exact) mass is 315 g/mol. The van der Waals surface area contributed by atoms with Crippen LogP contribution in [0.25, 0.3) is 0 Å². The van der Waals surface area contributed by atoms with E-state index in [0.717, 1.165) is 12.8 Å². The Morgan fingerprint density at radius 1 is 1.48 bits per heavy atom. The maximum Gasteiger partial charge on any atom is 0.246 e. The van der Waals surface area contributed by atoms with Gasteiger partial charge in [-0.1, -0.05) is 0 Å². The van der Waals surface area contributed by atoms with Crippen molar-refractivity contribution >= 4 is 10.0 Å². The molecule has 1 atom stereocenters. The van der Waals surface area contributed by atoms with Crippen molar-refractivity contribution in [1.29, 1.82) is 0 Å². The summed E-state index contributed by atoms with van der Waals surface area (Å²) >= 11 is 0. The second-order valence-electron chi connectivity index (χ2n) is 5.78. The van der Waals surface area contributed by atoms with E-state index in [2.05, 4.69) is 20.4 Å². The number of rotatable bonds is 5. The third kappa shape index (κ3) is 3.28. The second-order valence-corrected chi connectivity index (χ2v) is 7.65. The summed E-state index contributed by atoms with van der Waals surface area (Å²) in [6, 6.07) is 0.272. The Bertz CT molecular complexity index is 581. The lowest BCUT2D eigenvalue weighted by Gasteiger charge is -2.35. The lowest BCUT2D eigenvalue weighted by atomic mass is 10.1. The topological polar surface area (TPSA) is 81.3 Å². The molecule has 0 spiro atoms. The Kier molecular flexibility index (Phi) is 5.03. The van der Waals surface area contributed by atoms with Crippen LogP contribution in [0.4, 0.5) is 0 Å². The molecule has 7 nitrogen and oxygen atoms in total. The predicted octanol–water partition coefficient (Wildman–Crippen LogP) is 0.152. The molecule has 1 aliphatic rings. The molecular weight excluding hydrogens is 290 g/mol. The van der Waals surface area contributed by atoms with Gasteiger partial charge in [0.2, 0.25) is 10.0 Å². The molecule has 0 saturated carbocycles. The van der Waals surface area contributed by atoms with E-state index >= 15 is 0 Å². The number of aryl methyl sites for hydroxylation is 1. The van der Waals surface area contributed by atoms with Crippen LogP contribution in [0.1, 0.15) is 24.2 Å². The van der Waals surface area contributed by atoms with E-state index in [1.807, 2.05) is 14.1 Å². The van der Waals surface area contributed by atoms with Gasteiger partial charge in [0.05, 0.1) is 11.4 Å². The van der Waals surface area contributed by atoms with E-state index in [0.29, 0.717) is 35.9 Å². The fraction of sp³-hybridized carbons (Fsp3) is 0.769. The van der Waals surface area contributed by atoms with Gasteiger partial charge >= 0.3 is 0 Å². The Balaban J connectivity index is 2.31. The first-order valence-electron chi connectivity index (χ1n) is 7.23. The fourth-order valence-corrected chi connectivity index (χ4v) is 4.63. The first kappa shape index (κ1) is 16.4. The van der Waals surface area contributed by atoms with E-state index < -0.39 is 10.0 Å². The Hall–Kier alpha value is -0.960. The van der Waals surface area contributed by atoms with Crippen molar-refractivity contribution in [3.05, 3.63) is 11.4 Å². The van der Waals surface area contributed by atoms with Crippen LogP contribution >= 0.6 is 0 Å². The molecule has 0 aromatic carbocycles. The van der Waals surface area contributed by atoms with Gasteiger partial charge < -0.3 is 10.2 Å². The lowest BCUT2D eigenvalue weighted by Crippen LogP contribution is -2.47. The number of sulfonamides is 1. The van der Waals surface area contributed by atoms with Crippen molar-refractivity contribution in [2.45, 2.75) is 37.2 Å². The highest BCUT2D eigenvalue weighted by Gasteiger charge is 2.34. The van der Waals surface area contributed by atoms with Crippen molar-refractivity contribution in [2.24, 2.45) is 0 Å². The summed E-state index contributed by atoms with van der Waals surface area (Å²) < 4.78 is 27.5. The van der Waals surface area contributed by atoms with Gasteiger partial charge in [0, 0.05) is 25.7 Å². The molecule has 120 valence electrons. The summed E-state index contributed by atoms with van der Waals surface area (Å²) in [5.74, 6) is 0. The normalized spacial score (nSPS) is 21.1. The van der Waals surface area contributed by atoms with Crippen molar-refractivity contribution in [3.8, 4) is 0 Å². The lowest BCUT2D eigenvalue weighted by molar-refractivity contribution is 0.190. The fourth-order valence-electron chi connectivity index (χ4n) is 2.79. The van der Waals surface area contributed by atoms with Crippen LogP contribution in [0, 0.1) is 6.92 Å². The average molecular weight is 315 g/mol. The zero-order valence-electron chi connectivity index (χ0n) is 13.2. The van der Waals surface area contributed by atoms with E-state index in [1.54, 1.807) is 18.3 Å². The molecule has 0 bridgehead atoms. The van der Waals surface area contributed by atoms with Crippen LogP contribution in [0.3, 0.4) is 0 Å². The number of nitrogens with zero attached hydrogens (tertiary/aromatic N) is 3. The van der Waals surface area contributed by atoms with Gasteiger partial charge in [0.1, 0.15) is 4.90 Å². The zero-order valence-corrected chi connectivity index (χ0v) is 14.0. The number of nitrogens with one attached hydrogen (secondary N) is 2. The van der Waals surface area contributed by atoms with E-state index in [1.165, 1.54) is 0 Å². The summed E-state index contributed by atoms with van der Waals surface area (Å²) in [5.41, 5.74) is 1.16. The van der Waals surface area contributed by atoms with Gasteiger partial charge in [-0.3, -0.25) is 5.10 Å². The molecule has 8 heteroatoms. The average Bonchev–Trinajstić information content (AvgIpc) is 2.81. The molecule has 1 aromatic heterocycles. The first-order chi connectivity index (χ1) is 9.87. The predicted molar refractivity (Wildman–Crippen MR) is 81.6 cm³/mol. The maximum absolute atomic E-state index is 13.0. The molecule has 1 saturated heterocycles. The van der Waals surface area contributed by atoms with Crippen molar-refractivity contribution < 1.29 is 8.42 Å². The molecule has 0 amide bonds. The van der Waals surface area contributed by atoms with Crippen LogP contribution in [-0.4, -0.2) is 68.1 Å². The van der Waals surface area contributed by atoms with Crippen molar-refractivity contribution in [2.75, 3.05) is 34.2 Å². The van der Waals surface area contributed by atoms with Crippen LogP contribution in [0.15, 0.2) is 4.90 Å². The number of H-pyrrole nitrogens is 1. The summed E-state index contributed by atoms with van der Waals surface area (Å²) in [6.45, 7) is 3.31. The van der Waals surface area contributed by atoms with Gasteiger partial charge in [-0.2, -0.15) is 9.40 Å². The van der Waals surface area contributed by atoms with Gasteiger partial charge in [-0.05, 0) is 40.9 Å². The third-order valence-corrected chi connectivity index (χ3v) is 6.06. The second kappa shape index (κ2) is 6.43. The molecule has 0 radical (unpaired) electrons. The van der Waals surface area contributed by atoms with Gasteiger partial charge in [-0.25, -0.2) is 8.42 Å². The molecular formula is C13H25N5O2S. The minimum atomic E-state index is -3.50. The highest BCUT2D eigenvalue weighted by molar-refractivity contribution is 7.89. The minimum absolute atomic E-state index is 0.272. The minimum Gasteiger partial charge on any atom is -0.314 e. The van der Waals surface area contributed by atoms with Crippen LogP contribution in [0.5, 0.6) is 0 Å². The molecule has 1 aromatic rings. The molecule has 1 unspecified atom stereocenters. The molecule has 1 fully saturated rings.